The number of carboxylic acid groups (broad SMARTS) is 1. The summed E-state index contributed by atoms with van der Waals surface area (Å²) in [7, 11) is 0. The average molecular weight is 235 g/mol. The number of rotatable bonds is 3. The van der Waals surface area contributed by atoms with Crippen molar-refractivity contribution in [3.63, 3.8) is 0 Å². The number of aryl methyl sites for hydroxylation is 1. The van der Waals surface area contributed by atoms with Crippen LogP contribution in [-0.4, -0.2) is 30.3 Å². The zero-order valence-corrected chi connectivity index (χ0v) is 10.1. The average Bonchev–Trinajstić information content (AvgIpc) is 2.29. The fourth-order valence-corrected chi connectivity index (χ4v) is 2.20. The number of aliphatic carboxylic acids is 1. The van der Waals surface area contributed by atoms with Gasteiger partial charge < -0.3 is 14.7 Å². The Balaban J connectivity index is 2.37. The number of hydrogen-bond donors (Lipinski definition) is 1. The molecular formula is C13H17NO3. The van der Waals surface area contributed by atoms with E-state index in [9.17, 15) is 9.90 Å². The molecule has 1 aliphatic rings. The number of fused-ring (bicyclic) bond motifs is 1. The Morgan fingerprint density at radius 3 is 3.00 bits per heavy atom. The van der Waals surface area contributed by atoms with E-state index in [0.29, 0.717) is 19.6 Å². The lowest BCUT2D eigenvalue weighted by atomic mass is 10.1. The molecule has 1 aromatic rings. The van der Waals surface area contributed by atoms with Crippen LogP contribution in [0.5, 0.6) is 5.75 Å². The maximum absolute atomic E-state index is 11.2. The monoisotopic (exact) mass is 235 g/mol. The highest BCUT2D eigenvalue weighted by atomic mass is 16.5. The molecule has 2 rings (SSSR count). The SMILES string of the molecule is CCC(C(=O)O)N1CCOc2cc(C)ccc21. The fourth-order valence-electron chi connectivity index (χ4n) is 2.20. The Labute approximate surface area is 101 Å². The zero-order chi connectivity index (χ0) is 12.4. The molecule has 0 saturated heterocycles. The van der Waals surface area contributed by atoms with Crippen LogP contribution in [0.1, 0.15) is 18.9 Å². The molecular weight excluding hydrogens is 218 g/mol. The molecule has 1 N–H and O–H groups in total. The second-order valence-corrected chi connectivity index (χ2v) is 4.28. The molecule has 1 unspecified atom stereocenters. The first-order valence-corrected chi connectivity index (χ1v) is 5.86. The normalized spacial score (nSPS) is 16.0. The molecule has 17 heavy (non-hydrogen) atoms. The molecule has 1 atom stereocenters. The highest BCUT2D eigenvalue weighted by Gasteiger charge is 2.28. The summed E-state index contributed by atoms with van der Waals surface area (Å²) in [5, 5.41) is 9.22. The maximum atomic E-state index is 11.2. The van der Waals surface area contributed by atoms with Crippen LogP contribution < -0.4 is 9.64 Å². The maximum Gasteiger partial charge on any atom is 0.326 e. The number of nitrogens with zero attached hydrogens (tertiary/aromatic N) is 1. The summed E-state index contributed by atoms with van der Waals surface area (Å²) >= 11 is 0. The van der Waals surface area contributed by atoms with Gasteiger partial charge in [0, 0.05) is 0 Å². The predicted molar refractivity (Wildman–Crippen MR) is 65.7 cm³/mol. The molecule has 92 valence electrons. The molecule has 0 radical (unpaired) electrons. The lowest BCUT2D eigenvalue weighted by Crippen LogP contribution is -2.45. The largest absolute Gasteiger partial charge is 0.490 e. The molecule has 1 aliphatic heterocycles. The Morgan fingerprint density at radius 2 is 2.35 bits per heavy atom. The molecule has 0 aromatic heterocycles. The van der Waals surface area contributed by atoms with Gasteiger partial charge in [-0.2, -0.15) is 0 Å². The Hall–Kier alpha value is -1.71. The molecule has 0 bridgehead atoms. The van der Waals surface area contributed by atoms with Gasteiger partial charge in [0.05, 0.1) is 12.2 Å². The molecule has 1 aromatic carbocycles. The van der Waals surface area contributed by atoms with Crippen molar-refractivity contribution in [1.82, 2.24) is 0 Å². The lowest BCUT2D eigenvalue weighted by molar-refractivity contribution is -0.138. The molecule has 0 fully saturated rings. The van der Waals surface area contributed by atoms with Crippen molar-refractivity contribution >= 4 is 11.7 Å². The van der Waals surface area contributed by atoms with E-state index in [1.54, 1.807) is 0 Å². The Kier molecular flexibility index (Phi) is 3.22. The van der Waals surface area contributed by atoms with Crippen LogP contribution in [0.2, 0.25) is 0 Å². The number of carbonyl (C=O) groups is 1. The molecule has 0 saturated carbocycles. The van der Waals surface area contributed by atoms with Gasteiger partial charge >= 0.3 is 5.97 Å². The third-order valence-corrected chi connectivity index (χ3v) is 3.06. The third kappa shape index (κ3) is 2.20. The van der Waals surface area contributed by atoms with Crippen LogP contribution in [0, 0.1) is 6.92 Å². The van der Waals surface area contributed by atoms with Gasteiger partial charge in [0.2, 0.25) is 0 Å². The molecule has 0 amide bonds. The number of anilines is 1. The summed E-state index contributed by atoms with van der Waals surface area (Å²) in [5.74, 6) is 0.0110. The molecule has 1 heterocycles. The van der Waals surface area contributed by atoms with Gasteiger partial charge in [-0.15, -0.1) is 0 Å². The minimum Gasteiger partial charge on any atom is -0.490 e. The van der Waals surface area contributed by atoms with Crippen LogP contribution in [0.4, 0.5) is 5.69 Å². The van der Waals surface area contributed by atoms with E-state index in [1.165, 1.54) is 0 Å². The fraction of sp³-hybridized carbons (Fsp3) is 0.462. The van der Waals surface area contributed by atoms with E-state index in [-0.39, 0.29) is 0 Å². The van der Waals surface area contributed by atoms with E-state index in [0.717, 1.165) is 17.0 Å². The topological polar surface area (TPSA) is 49.8 Å². The van der Waals surface area contributed by atoms with Crippen molar-refractivity contribution in [2.24, 2.45) is 0 Å². The summed E-state index contributed by atoms with van der Waals surface area (Å²) in [6, 6.07) is 5.40. The predicted octanol–water partition coefficient (Wildman–Crippen LogP) is 2.06. The second kappa shape index (κ2) is 4.65. The van der Waals surface area contributed by atoms with E-state index in [4.69, 9.17) is 4.74 Å². The van der Waals surface area contributed by atoms with Crippen LogP contribution in [0.25, 0.3) is 0 Å². The quantitative estimate of drug-likeness (QED) is 0.871. The second-order valence-electron chi connectivity index (χ2n) is 4.28. The first kappa shape index (κ1) is 11.8. The Morgan fingerprint density at radius 1 is 1.59 bits per heavy atom. The summed E-state index contributed by atoms with van der Waals surface area (Å²) in [6.45, 7) is 5.06. The van der Waals surface area contributed by atoms with E-state index in [2.05, 4.69) is 0 Å². The van der Waals surface area contributed by atoms with Crippen molar-refractivity contribution in [3.8, 4) is 5.75 Å². The van der Waals surface area contributed by atoms with Gasteiger partial charge in [0.25, 0.3) is 0 Å². The zero-order valence-electron chi connectivity index (χ0n) is 10.1. The van der Waals surface area contributed by atoms with E-state index in [1.807, 2.05) is 36.9 Å². The van der Waals surface area contributed by atoms with Crippen molar-refractivity contribution in [2.45, 2.75) is 26.3 Å². The smallest absolute Gasteiger partial charge is 0.326 e. The van der Waals surface area contributed by atoms with E-state index >= 15 is 0 Å². The summed E-state index contributed by atoms with van der Waals surface area (Å²) in [6.07, 6.45) is 0.586. The van der Waals surface area contributed by atoms with Gasteiger partial charge in [-0.3, -0.25) is 0 Å². The summed E-state index contributed by atoms with van der Waals surface area (Å²) in [4.78, 5) is 13.1. The number of hydrogen-bond acceptors (Lipinski definition) is 3. The van der Waals surface area contributed by atoms with Gasteiger partial charge in [-0.05, 0) is 31.0 Å². The number of benzene rings is 1. The van der Waals surface area contributed by atoms with Gasteiger partial charge in [0.1, 0.15) is 18.4 Å². The van der Waals surface area contributed by atoms with Crippen molar-refractivity contribution in [3.05, 3.63) is 23.8 Å². The minimum absolute atomic E-state index is 0.472. The first-order valence-electron chi connectivity index (χ1n) is 5.86. The minimum atomic E-state index is -0.777. The van der Waals surface area contributed by atoms with Crippen LogP contribution >= 0.6 is 0 Å². The molecule has 4 nitrogen and oxygen atoms in total. The molecule has 0 aliphatic carbocycles. The Bertz CT molecular complexity index is 431. The third-order valence-electron chi connectivity index (χ3n) is 3.06. The molecule has 4 heteroatoms. The van der Waals surface area contributed by atoms with Crippen molar-refractivity contribution < 1.29 is 14.6 Å². The highest BCUT2D eigenvalue weighted by molar-refractivity contribution is 5.79. The lowest BCUT2D eigenvalue weighted by Gasteiger charge is -2.35. The highest BCUT2D eigenvalue weighted by Crippen LogP contribution is 2.34. The van der Waals surface area contributed by atoms with Crippen molar-refractivity contribution in [2.75, 3.05) is 18.1 Å². The van der Waals surface area contributed by atoms with Crippen LogP contribution in [0.15, 0.2) is 18.2 Å². The van der Waals surface area contributed by atoms with Crippen molar-refractivity contribution in [1.29, 1.82) is 0 Å². The van der Waals surface area contributed by atoms with Gasteiger partial charge in [0.15, 0.2) is 0 Å². The van der Waals surface area contributed by atoms with E-state index < -0.39 is 12.0 Å². The number of carboxylic acids is 1. The summed E-state index contributed by atoms with van der Waals surface area (Å²) in [5.41, 5.74) is 2.00. The first-order chi connectivity index (χ1) is 8.13. The standard InChI is InChI=1S/C13H17NO3/c1-3-10(13(15)16)14-6-7-17-12-8-9(2)4-5-11(12)14/h4-5,8,10H,3,6-7H2,1-2H3,(H,15,16). The molecule has 0 spiro atoms. The number of ether oxygens (including phenoxy) is 1. The van der Waals surface area contributed by atoms with Crippen LogP contribution in [0.3, 0.4) is 0 Å². The van der Waals surface area contributed by atoms with Crippen LogP contribution in [-0.2, 0) is 4.79 Å². The van der Waals surface area contributed by atoms with Gasteiger partial charge in [-0.25, -0.2) is 4.79 Å². The summed E-state index contributed by atoms with van der Waals surface area (Å²) < 4.78 is 5.57. The van der Waals surface area contributed by atoms with Gasteiger partial charge in [-0.1, -0.05) is 13.0 Å².